The number of carbonyl (C=O) groups excluding carboxylic acids is 1. The van der Waals surface area contributed by atoms with Gasteiger partial charge in [-0.2, -0.15) is 0 Å². The summed E-state index contributed by atoms with van der Waals surface area (Å²) in [6, 6.07) is -0.736. The monoisotopic (exact) mass is 299 g/mol. The number of thiazole rings is 1. The number of hydrogen-bond donors (Lipinski definition) is 2. The van der Waals surface area contributed by atoms with E-state index in [2.05, 4.69) is 10.3 Å². The molecule has 0 fully saturated rings. The van der Waals surface area contributed by atoms with Crippen LogP contribution >= 0.6 is 11.3 Å². The molecule has 0 saturated heterocycles. The van der Waals surface area contributed by atoms with Gasteiger partial charge in [0.2, 0.25) is 0 Å². The molecule has 0 saturated carbocycles. The van der Waals surface area contributed by atoms with Crippen molar-refractivity contribution in [1.82, 2.24) is 15.2 Å². The molecule has 0 radical (unpaired) electrons. The summed E-state index contributed by atoms with van der Waals surface area (Å²) in [7, 11) is 0. The molecule has 2 atom stereocenters. The van der Waals surface area contributed by atoms with E-state index >= 15 is 0 Å². The highest BCUT2D eigenvalue weighted by molar-refractivity contribution is 7.09. The van der Waals surface area contributed by atoms with Gasteiger partial charge >= 0.3 is 12.0 Å². The Labute approximate surface area is 122 Å². The van der Waals surface area contributed by atoms with E-state index in [4.69, 9.17) is 5.11 Å². The SMILES string of the molecule is CCC(C)N(CC(=O)O)C(=O)NC(C)c1nc(C)cs1. The molecule has 6 nitrogen and oxygen atoms in total. The van der Waals surface area contributed by atoms with Crippen molar-refractivity contribution < 1.29 is 14.7 Å². The van der Waals surface area contributed by atoms with Crippen LogP contribution in [-0.2, 0) is 4.79 Å². The van der Waals surface area contributed by atoms with E-state index in [9.17, 15) is 9.59 Å². The van der Waals surface area contributed by atoms with Gasteiger partial charge in [0.1, 0.15) is 11.6 Å². The Morgan fingerprint density at radius 2 is 2.15 bits per heavy atom. The number of aromatic nitrogens is 1. The van der Waals surface area contributed by atoms with Crippen LogP contribution in [0.5, 0.6) is 0 Å². The molecule has 0 spiro atoms. The van der Waals surface area contributed by atoms with Gasteiger partial charge in [-0.1, -0.05) is 6.92 Å². The maximum Gasteiger partial charge on any atom is 0.323 e. The van der Waals surface area contributed by atoms with Gasteiger partial charge in [-0.3, -0.25) is 4.79 Å². The molecule has 2 amide bonds. The number of carboxylic acid groups (broad SMARTS) is 1. The summed E-state index contributed by atoms with van der Waals surface area (Å²) >= 11 is 1.48. The molecule has 1 rings (SSSR count). The minimum absolute atomic E-state index is 0.128. The van der Waals surface area contributed by atoms with E-state index < -0.39 is 5.97 Å². The van der Waals surface area contributed by atoms with Crippen LogP contribution in [0.25, 0.3) is 0 Å². The zero-order valence-corrected chi connectivity index (χ0v) is 13.0. The number of rotatable bonds is 6. The maximum absolute atomic E-state index is 12.2. The fourth-order valence-electron chi connectivity index (χ4n) is 1.69. The van der Waals surface area contributed by atoms with Crippen LogP contribution < -0.4 is 5.32 Å². The van der Waals surface area contributed by atoms with Crippen molar-refractivity contribution in [3.05, 3.63) is 16.1 Å². The Balaban J connectivity index is 2.72. The normalized spacial score (nSPS) is 13.6. The first kappa shape index (κ1) is 16.4. The fourth-order valence-corrected chi connectivity index (χ4v) is 2.50. The van der Waals surface area contributed by atoms with Crippen molar-refractivity contribution in [3.63, 3.8) is 0 Å². The molecule has 0 aliphatic heterocycles. The number of hydrogen-bond acceptors (Lipinski definition) is 4. The summed E-state index contributed by atoms with van der Waals surface area (Å²) in [6.07, 6.45) is 0.700. The van der Waals surface area contributed by atoms with Gasteiger partial charge in [0, 0.05) is 17.1 Å². The summed E-state index contributed by atoms with van der Waals surface area (Å²) in [6.45, 7) is 7.18. The minimum Gasteiger partial charge on any atom is -0.480 e. The van der Waals surface area contributed by atoms with Crippen molar-refractivity contribution in [2.75, 3.05) is 6.54 Å². The average molecular weight is 299 g/mol. The zero-order valence-electron chi connectivity index (χ0n) is 12.2. The third kappa shape index (κ3) is 4.48. The second kappa shape index (κ2) is 7.23. The molecule has 0 aliphatic rings. The van der Waals surface area contributed by atoms with E-state index in [1.54, 1.807) is 0 Å². The summed E-state index contributed by atoms with van der Waals surface area (Å²) in [5, 5.41) is 14.4. The number of nitrogens with one attached hydrogen (secondary N) is 1. The predicted molar refractivity (Wildman–Crippen MR) is 77.9 cm³/mol. The molecule has 20 heavy (non-hydrogen) atoms. The van der Waals surface area contributed by atoms with Gasteiger partial charge in [-0.15, -0.1) is 11.3 Å². The first-order chi connectivity index (χ1) is 9.35. The van der Waals surface area contributed by atoms with Crippen LogP contribution in [-0.4, -0.2) is 39.6 Å². The molecule has 1 aromatic rings. The third-order valence-corrected chi connectivity index (χ3v) is 4.18. The Morgan fingerprint density at radius 1 is 1.50 bits per heavy atom. The molecule has 1 heterocycles. The Hall–Kier alpha value is -1.63. The molecule has 2 unspecified atom stereocenters. The predicted octanol–water partition coefficient (Wildman–Crippen LogP) is 2.41. The number of aliphatic carboxylic acids is 1. The lowest BCUT2D eigenvalue weighted by molar-refractivity contribution is -0.138. The second-order valence-corrected chi connectivity index (χ2v) is 5.67. The van der Waals surface area contributed by atoms with Crippen LogP contribution in [0.3, 0.4) is 0 Å². The standard InChI is InChI=1S/C13H21N3O3S/c1-5-9(3)16(6-11(17)18)13(19)15-10(4)12-14-8(2)7-20-12/h7,9-10H,5-6H2,1-4H3,(H,15,19)(H,17,18). The lowest BCUT2D eigenvalue weighted by atomic mass is 10.2. The number of nitrogens with zero attached hydrogens (tertiary/aromatic N) is 2. The van der Waals surface area contributed by atoms with E-state index in [1.165, 1.54) is 16.2 Å². The highest BCUT2D eigenvalue weighted by Gasteiger charge is 2.23. The summed E-state index contributed by atoms with van der Waals surface area (Å²) in [5.74, 6) is -1.02. The Kier molecular flexibility index (Phi) is 5.94. The van der Waals surface area contributed by atoms with Crippen LogP contribution in [0.1, 0.15) is 43.9 Å². The number of aryl methyl sites for hydroxylation is 1. The Morgan fingerprint density at radius 3 is 2.60 bits per heavy atom. The highest BCUT2D eigenvalue weighted by Crippen LogP contribution is 2.18. The minimum atomic E-state index is -1.02. The topological polar surface area (TPSA) is 82.5 Å². The van der Waals surface area contributed by atoms with E-state index in [1.807, 2.05) is 33.1 Å². The van der Waals surface area contributed by atoms with Gasteiger partial charge in [0.15, 0.2) is 0 Å². The van der Waals surface area contributed by atoms with Crippen molar-refractivity contribution in [1.29, 1.82) is 0 Å². The molecule has 0 aromatic carbocycles. The van der Waals surface area contributed by atoms with Crippen molar-refractivity contribution in [2.24, 2.45) is 0 Å². The number of carbonyl (C=O) groups is 2. The molecular weight excluding hydrogens is 278 g/mol. The molecule has 2 N–H and O–H groups in total. The first-order valence-corrected chi connectivity index (χ1v) is 7.44. The molecule has 0 aliphatic carbocycles. The Bertz CT molecular complexity index is 475. The quantitative estimate of drug-likeness (QED) is 0.845. The lowest BCUT2D eigenvalue weighted by Crippen LogP contribution is -2.47. The van der Waals surface area contributed by atoms with Crippen molar-refractivity contribution >= 4 is 23.3 Å². The number of urea groups is 1. The average Bonchev–Trinajstić information content (AvgIpc) is 2.81. The van der Waals surface area contributed by atoms with Crippen LogP contribution in [0.4, 0.5) is 4.79 Å². The molecule has 0 bridgehead atoms. The van der Waals surface area contributed by atoms with Crippen LogP contribution in [0, 0.1) is 6.92 Å². The van der Waals surface area contributed by atoms with E-state index in [-0.39, 0.29) is 24.7 Å². The molecule has 112 valence electrons. The molecule has 7 heteroatoms. The van der Waals surface area contributed by atoms with E-state index in [0.717, 1.165) is 10.7 Å². The van der Waals surface area contributed by atoms with Crippen molar-refractivity contribution in [3.8, 4) is 0 Å². The van der Waals surface area contributed by atoms with Crippen molar-refractivity contribution in [2.45, 2.75) is 46.2 Å². The maximum atomic E-state index is 12.2. The number of carboxylic acids is 1. The second-order valence-electron chi connectivity index (χ2n) is 4.78. The van der Waals surface area contributed by atoms with Gasteiger partial charge in [0.25, 0.3) is 0 Å². The van der Waals surface area contributed by atoms with Crippen LogP contribution in [0.2, 0.25) is 0 Å². The van der Waals surface area contributed by atoms with Crippen LogP contribution in [0.15, 0.2) is 5.38 Å². The molecular formula is C13H21N3O3S. The largest absolute Gasteiger partial charge is 0.480 e. The van der Waals surface area contributed by atoms with Gasteiger partial charge in [-0.05, 0) is 27.2 Å². The summed E-state index contributed by atoms with van der Waals surface area (Å²) in [4.78, 5) is 28.7. The van der Waals surface area contributed by atoms with Gasteiger partial charge < -0.3 is 15.3 Å². The molecule has 1 aromatic heterocycles. The zero-order chi connectivity index (χ0) is 15.3. The summed E-state index contributed by atoms with van der Waals surface area (Å²) < 4.78 is 0. The summed E-state index contributed by atoms with van der Waals surface area (Å²) in [5.41, 5.74) is 0.912. The first-order valence-electron chi connectivity index (χ1n) is 6.56. The van der Waals surface area contributed by atoms with E-state index in [0.29, 0.717) is 6.42 Å². The van der Waals surface area contributed by atoms with Gasteiger partial charge in [0.05, 0.1) is 6.04 Å². The fraction of sp³-hybridized carbons (Fsp3) is 0.615. The highest BCUT2D eigenvalue weighted by atomic mass is 32.1. The lowest BCUT2D eigenvalue weighted by Gasteiger charge is -2.28. The third-order valence-electron chi connectivity index (χ3n) is 3.04. The smallest absolute Gasteiger partial charge is 0.323 e. The number of amides is 2. The van der Waals surface area contributed by atoms with Gasteiger partial charge in [-0.25, -0.2) is 9.78 Å².